The summed E-state index contributed by atoms with van der Waals surface area (Å²) >= 11 is 0. The van der Waals surface area contributed by atoms with Crippen molar-refractivity contribution in [2.75, 3.05) is 13.1 Å². The zero-order valence-corrected chi connectivity index (χ0v) is 12.1. The van der Waals surface area contributed by atoms with Crippen molar-refractivity contribution >= 4 is 11.9 Å². The van der Waals surface area contributed by atoms with Crippen molar-refractivity contribution in [1.29, 1.82) is 0 Å². The number of hydrogen-bond donors (Lipinski definition) is 1. The van der Waals surface area contributed by atoms with E-state index in [-0.39, 0.29) is 12.3 Å². The zero-order valence-electron chi connectivity index (χ0n) is 12.1. The Bertz CT molecular complexity index is 681. The number of carbonyl (C=O) groups is 2. The van der Waals surface area contributed by atoms with Crippen LogP contribution in [0.5, 0.6) is 0 Å². The summed E-state index contributed by atoms with van der Waals surface area (Å²) in [7, 11) is 0. The molecule has 6 heteroatoms. The molecule has 0 unspecified atom stereocenters. The van der Waals surface area contributed by atoms with E-state index < -0.39 is 11.9 Å². The first-order valence-corrected chi connectivity index (χ1v) is 7.23. The van der Waals surface area contributed by atoms with Gasteiger partial charge in [-0.1, -0.05) is 18.2 Å². The van der Waals surface area contributed by atoms with Gasteiger partial charge in [-0.2, -0.15) is 5.10 Å². The van der Waals surface area contributed by atoms with Crippen molar-refractivity contribution in [2.24, 2.45) is 5.92 Å². The first-order chi connectivity index (χ1) is 10.6. The summed E-state index contributed by atoms with van der Waals surface area (Å²) in [6.45, 7) is 0.837. The number of carbonyl (C=O) groups excluding carboxylic acids is 1. The molecule has 3 rings (SSSR count). The summed E-state index contributed by atoms with van der Waals surface area (Å²) in [6.07, 6.45) is 4.50. The molecule has 0 bridgehead atoms. The molecule has 1 atom stereocenters. The van der Waals surface area contributed by atoms with Crippen molar-refractivity contribution in [3.8, 4) is 5.69 Å². The summed E-state index contributed by atoms with van der Waals surface area (Å²) < 4.78 is 1.79. The number of aromatic nitrogens is 2. The van der Waals surface area contributed by atoms with Gasteiger partial charge in [0, 0.05) is 25.7 Å². The van der Waals surface area contributed by atoms with E-state index in [2.05, 4.69) is 5.10 Å². The van der Waals surface area contributed by atoms with E-state index >= 15 is 0 Å². The SMILES string of the molecule is O=C(O)[C@@H]1CC(=O)N(CCc2cnn(-c3ccccc3)c2)C1. The van der Waals surface area contributed by atoms with Gasteiger partial charge in [0.05, 0.1) is 17.8 Å². The van der Waals surface area contributed by atoms with Gasteiger partial charge < -0.3 is 10.0 Å². The van der Waals surface area contributed by atoms with Crippen molar-refractivity contribution in [3.63, 3.8) is 0 Å². The highest BCUT2D eigenvalue weighted by Gasteiger charge is 2.33. The van der Waals surface area contributed by atoms with Crippen LogP contribution in [-0.2, 0) is 16.0 Å². The Balaban J connectivity index is 1.60. The van der Waals surface area contributed by atoms with Gasteiger partial charge in [-0.25, -0.2) is 4.68 Å². The van der Waals surface area contributed by atoms with Crippen LogP contribution >= 0.6 is 0 Å². The summed E-state index contributed by atoms with van der Waals surface area (Å²) in [6, 6.07) is 9.79. The van der Waals surface area contributed by atoms with E-state index in [4.69, 9.17) is 5.11 Å². The Labute approximate surface area is 128 Å². The fraction of sp³-hybridized carbons (Fsp3) is 0.312. The molecule has 6 nitrogen and oxygen atoms in total. The third kappa shape index (κ3) is 3.00. The molecule has 0 aliphatic carbocycles. The third-order valence-corrected chi connectivity index (χ3v) is 3.89. The number of nitrogens with zero attached hydrogens (tertiary/aromatic N) is 3. The zero-order chi connectivity index (χ0) is 15.5. The lowest BCUT2D eigenvalue weighted by atomic mass is 10.1. The number of hydrogen-bond acceptors (Lipinski definition) is 3. The molecule has 1 saturated heterocycles. The van der Waals surface area contributed by atoms with Gasteiger partial charge in [0.2, 0.25) is 5.91 Å². The number of para-hydroxylation sites is 1. The molecule has 1 aromatic heterocycles. The second kappa shape index (κ2) is 6.01. The van der Waals surface area contributed by atoms with Gasteiger partial charge in [-0.15, -0.1) is 0 Å². The van der Waals surface area contributed by atoms with Gasteiger partial charge in [-0.05, 0) is 24.1 Å². The van der Waals surface area contributed by atoms with Crippen LogP contribution in [0.1, 0.15) is 12.0 Å². The van der Waals surface area contributed by atoms with E-state index in [0.717, 1.165) is 11.3 Å². The van der Waals surface area contributed by atoms with E-state index in [1.54, 1.807) is 15.8 Å². The first-order valence-electron chi connectivity index (χ1n) is 7.23. The maximum Gasteiger partial charge on any atom is 0.308 e. The molecule has 1 aliphatic heterocycles. The fourth-order valence-electron chi connectivity index (χ4n) is 2.63. The lowest BCUT2D eigenvalue weighted by Gasteiger charge is -2.14. The Morgan fingerprint density at radius 2 is 2.09 bits per heavy atom. The second-order valence-corrected chi connectivity index (χ2v) is 5.46. The van der Waals surface area contributed by atoms with Crippen molar-refractivity contribution in [3.05, 3.63) is 48.3 Å². The Kier molecular flexibility index (Phi) is 3.91. The molecular formula is C16H17N3O3. The Morgan fingerprint density at radius 1 is 1.32 bits per heavy atom. The Morgan fingerprint density at radius 3 is 2.77 bits per heavy atom. The summed E-state index contributed by atoms with van der Waals surface area (Å²) in [5.74, 6) is -1.55. The van der Waals surface area contributed by atoms with Gasteiger partial charge in [-0.3, -0.25) is 9.59 Å². The number of amides is 1. The summed E-state index contributed by atoms with van der Waals surface area (Å²) in [5, 5.41) is 13.3. The minimum Gasteiger partial charge on any atom is -0.481 e. The average molecular weight is 299 g/mol. The highest BCUT2D eigenvalue weighted by molar-refractivity contribution is 5.86. The summed E-state index contributed by atoms with van der Waals surface area (Å²) in [5.41, 5.74) is 2.01. The maximum atomic E-state index is 11.8. The highest BCUT2D eigenvalue weighted by Crippen LogP contribution is 2.18. The van der Waals surface area contributed by atoms with Crippen LogP contribution in [0, 0.1) is 5.92 Å². The number of benzene rings is 1. The number of rotatable bonds is 5. The highest BCUT2D eigenvalue weighted by atomic mass is 16.4. The molecule has 0 radical (unpaired) electrons. The lowest BCUT2D eigenvalue weighted by molar-refractivity contribution is -0.141. The lowest BCUT2D eigenvalue weighted by Crippen LogP contribution is -2.28. The van der Waals surface area contributed by atoms with Crippen molar-refractivity contribution < 1.29 is 14.7 Å². The van der Waals surface area contributed by atoms with Gasteiger partial charge >= 0.3 is 5.97 Å². The number of aliphatic carboxylic acids is 1. The van der Waals surface area contributed by atoms with E-state index in [9.17, 15) is 9.59 Å². The molecule has 1 aromatic carbocycles. The molecule has 1 amide bonds. The molecule has 0 spiro atoms. The average Bonchev–Trinajstić information content (AvgIpc) is 3.13. The fourth-order valence-corrected chi connectivity index (χ4v) is 2.63. The van der Waals surface area contributed by atoms with E-state index in [1.165, 1.54) is 0 Å². The second-order valence-electron chi connectivity index (χ2n) is 5.46. The monoisotopic (exact) mass is 299 g/mol. The van der Waals surface area contributed by atoms with Crippen LogP contribution in [0.3, 0.4) is 0 Å². The van der Waals surface area contributed by atoms with Crippen LogP contribution in [0.4, 0.5) is 0 Å². The topological polar surface area (TPSA) is 75.4 Å². The van der Waals surface area contributed by atoms with Crippen LogP contribution < -0.4 is 0 Å². The largest absolute Gasteiger partial charge is 0.481 e. The molecule has 2 heterocycles. The minimum absolute atomic E-state index is 0.0807. The number of carboxylic acid groups (broad SMARTS) is 1. The quantitative estimate of drug-likeness (QED) is 0.904. The van der Waals surface area contributed by atoms with Gasteiger partial charge in [0.1, 0.15) is 0 Å². The molecule has 1 fully saturated rings. The standard InChI is InChI=1S/C16H17N3O3/c20-15-8-13(16(21)22)11-18(15)7-6-12-9-17-19(10-12)14-4-2-1-3-5-14/h1-5,9-10,13H,6-8,11H2,(H,21,22)/t13-/m1/s1. The first kappa shape index (κ1) is 14.3. The smallest absolute Gasteiger partial charge is 0.308 e. The van der Waals surface area contributed by atoms with E-state index in [0.29, 0.717) is 19.5 Å². The van der Waals surface area contributed by atoms with Crippen LogP contribution in [0.25, 0.3) is 5.69 Å². The maximum absolute atomic E-state index is 11.8. The molecule has 2 aromatic rings. The Hall–Kier alpha value is -2.63. The van der Waals surface area contributed by atoms with Crippen LogP contribution in [-0.4, -0.2) is 44.8 Å². The van der Waals surface area contributed by atoms with Crippen molar-refractivity contribution in [1.82, 2.24) is 14.7 Å². The number of carboxylic acids is 1. The molecular weight excluding hydrogens is 282 g/mol. The molecule has 22 heavy (non-hydrogen) atoms. The van der Waals surface area contributed by atoms with E-state index in [1.807, 2.05) is 36.5 Å². The van der Waals surface area contributed by atoms with Crippen LogP contribution in [0.2, 0.25) is 0 Å². The molecule has 1 aliphatic rings. The molecule has 1 N–H and O–H groups in total. The molecule has 0 saturated carbocycles. The molecule has 114 valence electrons. The van der Waals surface area contributed by atoms with Gasteiger partial charge in [0.25, 0.3) is 0 Å². The predicted molar refractivity (Wildman–Crippen MR) is 79.6 cm³/mol. The minimum atomic E-state index is -0.896. The predicted octanol–water partition coefficient (Wildman–Crippen LogP) is 1.35. The summed E-state index contributed by atoms with van der Waals surface area (Å²) in [4.78, 5) is 24.3. The van der Waals surface area contributed by atoms with Gasteiger partial charge in [0.15, 0.2) is 0 Å². The van der Waals surface area contributed by atoms with Crippen LogP contribution in [0.15, 0.2) is 42.7 Å². The van der Waals surface area contributed by atoms with Crippen molar-refractivity contribution in [2.45, 2.75) is 12.8 Å². The number of likely N-dealkylation sites (tertiary alicyclic amines) is 1. The normalized spacial score (nSPS) is 17.9. The third-order valence-electron chi connectivity index (χ3n) is 3.89.